The molecule has 0 saturated carbocycles. The number of halogens is 2. The lowest BCUT2D eigenvalue weighted by atomic mass is 10.1. The molecule has 0 aliphatic rings. The van der Waals surface area contributed by atoms with E-state index in [1.807, 2.05) is 0 Å². The van der Waals surface area contributed by atoms with Crippen molar-refractivity contribution in [3.63, 3.8) is 0 Å². The number of benzene rings is 1. The summed E-state index contributed by atoms with van der Waals surface area (Å²) in [4.78, 5) is 7.64. The van der Waals surface area contributed by atoms with Crippen LogP contribution < -0.4 is 10.5 Å². The standard InChI is InChI=1S/C12H11F2N3O/c1-6-3-9(14)7(4-8(6)13)10-5-11(18-2)17-12(15)16-10/h3-5H,1-2H3,(H2,15,16,17). The van der Waals surface area contributed by atoms with Crippen molar-refractivity contribution >= 4 is 5.95 Å². The topological polar surface area (TPSA) is 61.0 Å². The molecular weight excluding hydrogens is 240 g/mol. The van der Waals surface area contributed by atoms with Gasteiger partial charge in [0.15, 0.2) is 0 Å². The highest BCUT2D eigenvalue weighted by Crippen LogP contribution is 2.26. The Labute approximate surface area is 102 Å². The average molecular weight is 251 g/mol. The second-order valence-corrected chi connectivity index (χ2v) is 3.73. The molecule has 1 heterocycles. The van der Waals surface area contributed by atoms with Crippen molar-refractivity contribution in [3.05, 3.63) is 35.4 Å². The number of ether oxygens (including phenoxy) is 1. The SMILES string of the molecule is COc1cc(-c2cc(F)c(C)cc2F)nc(N)n1. The zero-order valence-corrected chi connectivity index (χ0v) is 9.87. The number of aryl methyl sites for hydroxylation is 1. The third-order valence-electron chi connectivity index (χ3n) is 2.45. The second kappa shape index (κ2) is 4.56. The van der Waals surface area contributed by atoms with Crippen molar-refractivity contribution in [3.8, 4) is 17.1 Å². The molecule has 2 N–H and O–H groups in total. The summed E-state index contributed by atoms with van der Waals surface area (Å²) >= 11 is 0. The van der Waals surface area contributed by atoms with Gasteiger partial charge in [0.05, 0.1) is 12.8 Å². The van der Waals surface area contributed by atoms with Crippen LogP contribution in [-0.2, 0) is 0 Å². The van der Waals surface area contributed by atoms with E-state index in [0.29, 0.717) is 0 Å². The van der Waals surface area contributed by atoms with Crippen molar-refractivity contribution in [1.82, 2.24) is 9.97 Å². The molecule has 94 valence electrons. The van der Waals surface area contributed by atoms with Gasteiger partial charge in [0.2, 0.25) is 11.8 Å². The molecule has 0 saturated heterocycles. The predicted octanol–water partition coefficient (Wildman–Crippen LogP) is 2.32. The average Bonchev–Trinajstić information content (AvgIpc) is 2.33. The van der Waals surface area contributed by atoms with Gasteiger partial charge in [-0.2, -0.15) is 4.98 Å². The molecule has 0 unspecified atom stereocenters. The maximum atomic E-state index is 13.8. The summed E-state index contributed by atoms with van der Waals surface area (Å²) in [5, 5.41) is 0. The Morgan fingerprint density at radius 3 is 2.50 bits per heavy atom. The molecule has 1 aromatic carbocycles. The van der Waals surface area contributed by atoms with Gasteiger partial charge in [-0.1, -0.05) is 0 Å². The van der Waals surface area contributed by atoms with Crippen molar-refractivity contribution in [2.24, 2.45) is 0 Å². The van der Waals surface area contributed by atoms with Crippen LogP contribution in [-0.4, -0.2) is 17.1 Å². The zero-order chi connectivity index (χ0) is 13.3. The number of hydrogen-bond donors (Lipinski definition) is 1. The number of nitrogens with two attached hydrogens (primary N) is 1. The summed E-state index contributed by atoms with van der Waals surface area (Å²) in [5.74, 6) is -0.959. The number of hydrogen-bond acceptors (Lipinski definition) is 4. The quantitative estimate of drug-likeness (QED) is 0.889. The highest BCUT2D eigenvalue weighted by Gasteiger charge is 2.12. The Balaban J connectivity index is 2.61. The van der Waals surface area contributed by atoms with Crippen LogP contribution in [0.2, 0.25) is 0 Å². The van der Waals surface area contributed by atoms with Gasteiger partial charge < -0.3 is 10.5 Å². The fourth-order valence-corrected chi connectivity index (χ4v) is 1.53. The molecule has 6 heteroatoms. The molecule has 0 bridgehead atoms. The van der Waals surface area contributed by atoms with Gasteiger partial charge in [-0.15, -0.1) is 0 Å². The molecule has 2 rings (SSSR count). The largest absolute Gasteiger partial charge is 0.481 e. The first-order chi connectivity index (χ1) is 8.51. The predicted molar refractivity (Wildman–Crippen MR) is 63.1 cm³/mol. The first-order valence-corrected chi connectivity index (χ1v) is 5.16. The van der Waals surface area contributed by atoms with Gasteiger partial charge in [-0.3, -0.25) is 0 Å². The Kier molecular flexibility index (Phi) is 3.10. The molecular formula is C12H11F2N3O. The maximum absolute atomic E-state index is 13.8. The van der Waals surface area contributed by atoms with Gasteiger partial charge in [0.1, 0.15) is 11.6 Å². The minimum Gasteiger partial charge on any atom is -0.481 e. The molecule has 4 nitrogen and oxygen atoms in total. The monoisotopic (exact) mass is 251 g/mol. The molecule has 0 aliphatic carbocycles. The summed E-state index contributed by atoms with van der Waals surface area (Å²) in [6, 6.07) is 3.57. The number of methoxy groups -OCH3 is 1. The summed E-state index contributed by atoms with van der Waals surface area (Å²) in [7, 11) is 1.40. The van der Waals surface area contributed by atoms with Crippen LogP contribution in [0.15, 0.2) is 18.2 Å². The second-order valence-electron chi connectivity index (χ2n) is 3.73. The maximum Gasteiger partial charge on any atom is 0.223 e. The van der Waals surface area contributed by atoms with Crippen LogP contribution in [0, 0.1) is 18.6 Å². The summed E-state index contributed by atoms with van der Waals surface area (Å²) in [5.41, 5.74) is 5.89. The van der Waals surface area contributed by atoms with Gasteiger partial charge >= 0.3 is 0 Å². The third kappa shape index (κ3) is 2.22. The van der Waals surface area contributed by atoms with Crippen LogP contribution in [0.5, 0.6) is 5.88 Å². The van der Waals surface area contributed by atoms with Crippen LogP contribution in [0.25, 0.3) is 11.3 Å². The van der Waals surface area contributed by atoms with Crippen molar-refractivity contribution < 1.29 is 13.5 Å². The van der Waals surface area contributed by atoms with Gasteiger partial charge in [0, 0.05) is 11.6 Å². The Hall–Kier alpha value is -2.24. The van der Waals surface area contributed by atoms with Crippen molar-refractivity contribution in [1.29, 1.82) is 0 Å². The molecule has 0 spiro atoms. The highest BCUT2D eigenvalue weighted by atomic mass is 19.1. The summed E-state index contributed by atoms with van der Waals surface area (Å²) < 4.78 is 32.1. The molecule has 2 aromatic rings. The number of aromatic nitrogens is 2. The van der Waals surface area contributed by atoms with E-state index in [4.69, 9.17) is 10.5 Å². The molecule has 0 aliphatic heterocycles. The summed E-state index contributed by atoms with van der Waals surface area (Å²) in [6.07, 6.45) is 0. The molecule has 0 atom stereocenters. The van der Waals surface area contributed by atoms with Crippen LogP contribution in [0.1, 0.15) is 5.56 Å². The first-order valence-electron chi connectivity index (χ1n) is 5.16. The van der Waals surface area contributed by atoms with E-state index >= 15 is 0 Å². The fraction of sp³-hybridized carbons (Fsp3) is 0.167. The molecule has 18 heavy (non-hydrogen) atoms. The lowest BCUT2D eigenvalue weighted by Gasteiger charge is -2.07. The molecule has 0 fully saturated rings. The van der Waals surface area contributed by atoms with Gasteiger partial charge in [-0.05, 0) is 24.6 Å². The van der Waals surface area contributed by atoms with Crippen LogP contribution >= 0.6 is 0 Å². The molecule has 0 amide bonds. The van der Waals surface area contributed by atoms with Crippen LogP contribution in [0.4, 0.5) is 14.7 Å². The lowest BCUT2D eigenvalue weighted by molar-refractivity contribution is 0.398. The van der Waals surface area contributed by atoms with E-state index in [1.54, 1.807) is 0 Å². The third-order valence-corrected chi connectivity index (χ3v) is 2.45. The Morgan fingerprint density at radius 2 is 1.83 bits per heavy atom. The highest BCUT2D eigenvalue weighted by molar-refractivity contribution is 5.62. The normalized spacial score (nSPS) is 10.4. The summed E-state index contributed by atoms with van der Waals surface area (Å²) in [6.45, 7) is 1.48. The smallest absolute Gasteiger partial charge is 0.223 e. The minimum atomic E-state index is -0.575. The van der Waals surface area contributed by atoms with E-state index in [2.05, 4.69) is 9.97 Å². The Morgan fingerprint density at radius 1 is 1.11 bits per heavy atom. The Bertz CT molecular complexity index is 602. The van der Waals surface area contributed by atoms with Crippen molar-refractivity contribution in [2.75, 3.05) is 12.8 Å². The lowest BCUT2D eigenvalue weighted by Crippen LogP contribution is -2.00. The minimum absolute atomic E-state index is 0.0190. The number of nitrogens with zero attached hydrogens (tertiary/aromatic N) is 2. The van der Waals surface area contributed by atoms with Gasteiger partial charge in [0.25, 0.3) is 0 Å². The zero-order valence-electron chi connectivity index (χ0n) is 9.87. The molecule has 1 aromatic heterocycles. The number of nitrogen functional groups attached to an aromatic ring is 1. The van der Waals surface area contributed by atoms with E-state index in [0.717, 1.165) is 12.1 Å². The molecule has 0 radical (unpaired) electrons. The van der Waals surface area contributed by atoms with E-state index < -0.39 is 11.6 Å². The fourth-order valence-electron chi connectivity index (χ4n) is 1.53. The van der Waals surface area contributed by atoms with E-state index in [-0.39, 0.29) is 28.6 Å². The number of anilines is 1. The first kappa shape index (κ1) is 12.2. The van der Waals surface area contributed by atoms with Crippen LogP contribution in [0.3, 0.4) is 0 Å². The van der Waals surface area contributed by atoms with E-state index in [1.165, 1.54) is 20.1 Å². The number of rotatable bonds is 2. The van der Waals surface area contributed by atoms with Crippen molar-refractivity contribution in [2.45, 2.75) is 6.92 Å². The van der Waals surface area contributed by atoms with Gasteiger partial charge in [-0.25, -0.2) is 13.8 Å². The van der Waals surface area contributed by atoms with E-state index in [9.17, 15) is 8.78 Å².